The fraction of sp³-hybridized carbons (Fsp3) is 0.938. The van der Waals surface area contributed by atoms with Gasteiger partial charge in [-0.1, -0.05) is 19.3 Å². The Kier molecular flexibility index (Phi) is 5.63. The Morgan fingerprint density at radius 2 is 2.05 bits per heavy atom. The predicted octanol–water partition coefficient (Wildman–Crippen LogP) is 1.55. The van der Waals surface area contributed by atoms with Crippen molar-refractivity contribution in [2.75, 3.05) is 27.4 Å². The maximum absolute atomic E-state index is 12.4. The summed E-state index contributed by atoms with van der Waals surface area (Å²) in [4.78, 5) is 14.3. The third kappa shape index (κ3) is 3.10. The van der Waals surface area contributed by atoms with Crippen molar-refractivity contribution >= 4 is 5.91 Å². The molecule has 5 nitrogen and oxygen atoms in total. The number of nitrogens with zero attached hydrogens (tertiary/aromatic N) is 1. The van der Waals surface area contributed by atoms with Crippen LogP contribution in [-0.4, -0.2) is 56.4 Å². The zero-order chi connectivity index (χ0) is 15.5. The highest BCUT2D eigenvalue weighted by atomic mass is 16.5. The van der Waals surface area contributed by atoms with Crippen molar-refractivity contribution in [3.8, 4) is 0 Å². The smallest absolute Gasteiger partial charge is 0.241 e. The average Bonchev–Trinajstić information content (AvgIpc) is 2.50. The molecular weight excluding hydrogens is 268 g/mol. The lowest BCUT2D eigenvalue weighted by atomic mass is 9.54. The van der Waals surface area contributed by atoms with Gasteiger partial charge in [0, 0.05) is 32.2 Å². The Labute approximate surface area is 128 Å². The predicted molar refractivity (Wildman–Crippen MR) is 82.0 cm³/mol. The molecule has 1 amide bonds. The second kappa shape index (κ2) is 7.07. The molecule has 21 heavy (non-hydrogen) atoms. The van der Waals surface area contributed by atoms with Crippen LogP contribution >= 0.6 is 0 Å². The monoisotopic (exact) mass is 298 g/mol. The van der Waals surface area contributed by atoms with Crippen LogP contribution in [0.3, 0.4) is 0 Å². The number of ether oxygens (including phenoxy) is 2. The van der Waals surface area contributed by atoms with Crippen LogP contribution in [0, 0.1) is 5.41 Å². The minimum absolute atomic E-state index is 0.0123. The van der Waals surface area contributed by atoms with E-state index in [-0.39, 0.29) is 24.0 Å². The summed E-state index contributed by atoms with van der Waals surface area (Å²) in [5, 5.41) is 0. The van der Waals surface area contributed by atoms with Crippen molar-refractivity contribution < 1.29 is 14.3 Å². The number of likely N-dealkylation sites (N-methyl/N-ethyl adjacent to an activating group) is 1. The van der Waals surface area contributed by atoms with E-state index in [2.05, 4.69) is 0 Å². The lowest BCUT2D eigenvalue weighted by Gasteiger charge is -2.60. The first-order chi connectivity index (χ1) is 10.1. The Hall–Kier alpha value is -0.650. The molecule has 2 aliphatic carbocycles. The minimum atomic E-state index is -0.563. The van der Waals surface area contributed by atoms with Crippen molar-refractivity contribution in [1.82, 2.24) is 4.90 Å². The van der Waals surface area contributed by atoms with E-state index >= 15 is 0 Å². The molecule has 5 heteroatoms. The molecule has 0 bridgehead atoms. The van der Waals surface area contributed by atoms with E-state index in [9.17, 15) is 4.79 Å². The molecule has 0 radical (unpaired) electrons. The van der Waals surface area contributed by atoms with Gasteiger partial charge < -0.3 is 20.1 Å². The first-order valence-electron chi connectivity index (χ1n) is 8.19. The second-order valence-corrected chi connectivity index (χ2v) is 6.50. The number of hydrogen-bond acceptors (Lipinski definition) is 4. The van der Waals surface area contributed by atoms with E-state index in [0.717, 1.165) is 13.0 Å². The number of rotatable bonds is 6. The van der Waals surface area contributed by atoms with Crippen LogP contribution in [0.15, 0.2) is 0 Å². The summed E-state index contributed by atoms with van der Waals surface area (Å²) >= 11 is 0. The van der Waals surface area contributed by atoms with Gasteiger partial charge in [0.2, 0.25) is 5.91 Å². The molecule has 3 unspecified atom stereocenters. The third-order valence-corrected chi connectivity index (χ3v) is 5.37. The third-order valence-electron chi connectivity index (χ3n) is 5.37. The van der Waals surface area contributed by atoms with Crippen molar-refractivity contribution in [1.29, 1.82) is 0 Å². The average molecular weight is 298 g/mol. The molecule has 2 fully saturated rings. The SMILES string of the molecule is CCOC1CC(N(C)C(=O)C(N)COC)C12CCCCC2. The van der Waals surface area contributed by atoms with Gasteiger partial charge in [-0.25, -0.2) is 0 Å². The zero-order valence-corrected chi connectivity index (χ0v) is 13.6. The number of carbonyl (C=O) groups excluding carboxylic acids is 1. The Balaban J connectivity index is 2.06. The Morgan fingerprint density at radius 1 is 1.38 bits per heavy atom. The molecule has 0 aromatic carbocycles. The molecule has 3 atom stereocenters. The van der Waals surface area contributed by atoms with Gasteiger partial charge in [0.25, 0.3) is 0 Å². The highest BCUT2D eigenvalue weighted by molar-refractivity contribution is 5.82. The second-order valence-electron chi connectivity index (χ2n) is 6.50. The Morgan fingerprint density at radius 3 is 2.62 bits per heavy atom. The molecule has 2 saturated carbocycles. The lowest BCUT2D eigenvalue weighted by Crippen LogP contribution is -2.67. The summed E-state index contributed by atoms with van der Waals surface area (Å²) in [6.07, 6.45) is 7.36. The summed E-state index contributed by atoms with van der Waals surface area (Å²) in [6.45, 7) is 3.07. The van der Waals surface area contributed by atoms with Crippen molar-refractivity contribution in [3.63, 3.8) is 0 Å². The van der Waals surface area contributed by atoms with E-state index in [1.54, 1.807) is 7.11 Å². The molecule has 0 heterocycles. The van der Waals surface area contributed by atoms with Gasteiger partial charge in [-0.2, -0.15) is 0 Å². The summed E-state index contributed by atoms with van der Waals surface area (Å²) in [5.74, 6) is -0.0123. The molecular formula is C16H30N2O3. The largest absolute Gasteiger partial charge is 0.383 e. The van der Waals surface area contributed by atoms with Gasteiger partial charge in [-0.15, -0.1) is 0 Å². The number of methoxy groups -OCH3 is 1. The molecule has 1 spiro atoms. The molecule has 2 aliphatic rings. The van der Waals surface area contributed by atoms with Gasteiger partial charge in [0.05, 0.1) is 12.7 Å². The molecule has 2 rings (SSSR count). The van der Waals surface area contributed by atoms with Gasteiger partial charge in [0.1, 0.15) is 6.04 Å². The fourth-order valence-corrected chi connectivity index (χ4v) is 4.24. The number of amides is 1. The zero-order valence-electron chi connectivity index (χ0n) is 13.6. The molecule has 0 aliphatic heterocycles. The highest BCUT2D eigenvalue weighted by Gasteiger charge is 2.58. The Bertz CT molecular complexity index is 355. The van der Waals surface area contributed by atoms with Gasteiger partial charge in [-0.3, -0.25) is 4.79 Å². The maximum atomic E-state index is 12.4. The van der Waals surface area contributed by atoms with Crippen LogP contribution in [0.25, 0.3) is 0 Å². The highest BCUT2D eigenvalue weighted by Crippen LogP contribution is 2.55. The van der Waals surface area contributed by atoms with E-state index in [1.165, 1.54) is 32.1 Å². The molecule has 0 aromatic rings. The van der Waals surface area contributed by atoms with Crippen LogP contribution in [0.1, 0.15) is 45.4 Å². The van der Waals surface area contributed by atoms with Crippen molar-refractivity contribution in [2.24, 2.45) is 11.1 Å². The maximum Gasteiger partial charge on any atom is 0.241 e. The summed E-state index contributed by atoms with van der Waals surface area (Å²) < 4.78 is 11.0. The van der Waals surface area contributed by atoms with Crippen molar-refractivity contribution in [2.45, 2.75) is 63.6 Å². The summed E-state index contributed by atoms with van der Waals surface area (Å²) in [7, 11) is 3.46. The number of hydrogen-bond donors (Lipinski definition) is 1. The molecule has 0 saturated heterocycles. The molecule has 122 valence electrons. The molecule has 2 N–H and O–H groups in total. The van der Waals surface area contributed by atoms with Crippen LogP contribution < -0.4 is 5.73 Å². The van der Waals surface area contributed by atoms with Crippen LogP contribution in [0.5, 0.6) is 0 Å². The van der Waals surface area contributed by atoms with Gasteiger partial charge in [-0.05, 0) is 26.2 Å². The topological polar surface area (TPSA) is 64.8 Å². The van der Waals surface area contributed by atoms with Crippen LogP contribution in [-0.2, 0) is 14.3 Å². The summed E-state index contributed by atoms with van der Waals surface area (Å²) in [5.41, 5.74) is 6.07. The number of nitrogens with two attached hydrogens (primary N) is 1. The minimum Gasteiger partial charge on any atom is -0.383 e. The quantitative estimate of drug-likeness (QED) is 0.808. The molecule has 0 aromatic heterocycles. The van der Waals surface area contributed by atoms with E-state index in [0.29, 0.717) is 6.10 Å². The van der Waals surface area contributed by atoms with Crippen molar-refractivity contribution in [3.05, 3.63) is 0 Å². The summed E-state index contributed by atoms with van der Waals surface area (Å²) in [6, 6.07) is -0.295. The normalized spacial score (nSPS) is 29.0. The van der Waals surface area contributed by atoms with Gasteiger partial charge >= 0.3 is 0 Å². The standard InChI is InChI=1S/C16H30N2O3/c1-4-21-14-10-13(16(14)8-6-5-7-9-16)18(2)15(19)12(17)11-20-3/h12-14H,4-11,17H2,1-3H3. The fourth-order valence-electron chi connectivity index (χ4n) is 4.24. The van der Waals surface area contributed by atoms with E-state index < -0.39 is 6.04 Å². The lowest BCUT2D eigenvalue weighted by molar-refractivity contribution is -0.186. The van der Waals surface area contributed by atoms with Crippen LogP contribution in [0.2, 0.25) is 0 Å². The van der Waals surface area contributed by atoms with Crippen LogP contribution in [0.4, 0.5) is 0 Å². The van der Waals surface area contributed by atoms with E-state index in [1.807, 2.05) is 18.9 Å². The number of carbonyl (C=O) groups is 1. The first-order valence-corrected chi connectivity index (χ1v) is 8.19. The first kappa shape index (κ1) is 16.7. The van der Waals surface area contributed by atoms with E-state index in [4.69, 9.17) is 15.2 Å². The van der Waals surface area contributed by atoms with Gasteiger partial charge in [0.15, 0.2) is 0 Å².